The van der Waals surface area contributed by atoms with Gasteiger partial charge in [0.1, 0.15) is 0 Å². The van der Waals surface area contributed by atoms with E-state index in [1.165, 1.54) is 170 Å². The van der Waals surface area contributed by atoms with Crippen LogP contribution < -0.4 is 0 Å². The van der Waals surface area contributed by atoms with Gasteiger partial charge in [0.25, 0.3) is 0 Å². The summed E-state index contributed by atoms with van der Waals surface area (Å²) in [5, 5.41) is 17.1. The predicted octanol–water partition coefficient (Wildman–Crippen LogP) is 26.0. The zero-order valence-electron chi connectivity index (χ0n) is 59.3. The second kappa shape index (κ2) is 21.3. The third kappa shape index (κ3) is 7.43. The lowest BCUT2D eigenvalue weighted by molar-refractivity contribution is 0.747. The number of benzene rings is 17. The minimum absolute atomic E-state index is 0.810. The molecule has 7 aromatic heterocycles. The fourth-order valence-corrected chi connectivity index (χ4v) is 20.8. The largest absolute Gasteiger partial charge is 0.309 e. The summed E-state index contributed by atoms with van der Waals surface area (Å²) in [4.78, 5) is 0. The molecule has 0 radical (unpaired) electrons. The van der Waals surface area contributed by atoms with Gasteiger partial charge < -0.3 is 32.0 Å². The molecule has 1 aliphatic carbocycles. The van der Waals surface area contributed by atoms with E-state index >= 15 is 0 Å². The molecule has 24 aromatic rings. The van der Waals surface area contributed by atoms with Crippen molar-refractivity contribution in [2.45, 2.75) is 5.41 Å². The van der Waals surface area contributed by atoms with E-state index in [2.05, 4.69) is 402 Å². The summed E-state index contributed by atoms with van der Waals surface area (Å²) in [6, 6.07) is 140. The summed E-state index contributed by atoms with van der Waals surface area (Å²) in [6.07, 6.45) is 0. The maximum Gasteiger partial charge on any atom is 0.0756 e. The summed E-state index contributed by atoms with van der Waals surface area (Å²) >= 11 is 0. The molecule has 1 spiro atoms. The Labute approximate surface area is 629 Å². The van der Waals surface area contributed by atoms with Crippen LogP contribution in [0.15, 0.2) is 370 Å². The monoisotopic (exact) mass is 1400 g/mol. The number of aromatic nitrogens is 7. The Kier molecular flexibility index (Phi) is 11.4. The minimum atomic E-state index is -0.810. The quantitative estimate of drug-likeness (QED) is 0.159. The molecule has 17 aromatic carbocycles. The molecule has 0 bridgehead atoms. The lowest BCUT2D eigenvalue weighted by Gasteiger charge is -2.40. The van der Waals surface area contributed by atoms with Crippen LogP contribution in [0.4, 0.5) is 0 Å². The Morgan fingerprint density at radius 2 is 0.373 bits per heavy atom. The fourth-order valence-electron chi connectivity index (χ4n) is 20.8. The van der Waals surface area contributed by atoms with Crippen molar-refractivity contribution in [2.75, 3.05) is 0 Å². The molecular weight excluding hydrogens is 1340 g/mol. The second-order valence-electron chi connectivity index (χ2n) is 30.2. The van der Waals surface area contributed by atoms with E-state index in [9.17, 15) is 0 Å². The number of hydrogen-bond donors (Lipinski definition) is 0. The summed E-state index contributed by atoms with van der Waals surface area (Å²) in [5.74, 6) is 0. The molecule has 508 valence electrons. The first kappa shape index (κ1) is 58.6. The van der Waals surface area contributed by atoms with Gasteiger partial charge in [-0.05, 0) is 191 Å². The highest BCUT2D eigenvalue weighted by Gasteiger charge is 2.51. The Morgan fingerprint density at radius 3 is 0.691 bits per heavy atom. The van der Waals surface area contributed by atoms with Crippen LogP contribution in [0.25, 0.3) is 204 Å². The van der Waals surface area contributed by atoms with E-state index in [0.717, 1.165) is 56.2 Å². The van der Waals surface area contributed by atoms with Crippen LogP contribution in [0, 0.1) is 0 Å². The lowest BCUT2D eigenvalue weighted by Crippen LogP contribution is -2.33. The SMILES string of the molecule is c1ccc2c(c1)-n1c3ccccc3c3cccc(c31)C21c2cc(-n3c4ccc(-n5c6ccccc6c6ccccc65)cc4c4cc(-n5c6ccccc6c6ccccc65)ccc43)ccc2-c2ccc(-n3c4ccc(-n5c6ccccc6c6ccccc65)cc4c4cc(-n5c6ccccc6c6ccccc65)ccc43)cc21. The van der Waals surface area contributed by atoms with Crippen molar-refractivity contribution >= 4 is 153 Å². The van der Waals surface area contributed by atoms with Crippen molar-refractivity contribution in [3.8, 4) is 50.9 Å². The number of para-hydroxylation sites is 11. The Balaban J connectivity index is 0.740. The van der Waals surface area contributed by atoms with Crippen molar-refractivity contribution in [1.82, 2.24) is 32.0 Å². The van der Waals surface area contributed by atoms with Crippen LogP contribution in [-0.2, 0) is 5.41 Å². The van der Waals surface area contributed by atoms with Crippen LogP contribution in [0.3, 0.4) is 0 Å². The topological polar surface area (TPSA) is 34.5 Å². The average Bonchev–Trinajstić information content (AvgIpc) is 1.48. The average molecular weight is 1400 g/mol. The highest BCUT2D eigenvalue weighted by atomic mass is 15.0. The van der Waals surface area contributed by atoms with Gasteiger partial charge in [0, 0.05) is 110 Å². The third-order valence-electron chi connectivity index (χ3n) is 25.1. The Hall–Kier alpha value is -14.7. The van der Waals surface area contributed by atoms with Gasteiger partial charge in [0.05, 0.1) is 88.3 Å². The van der Waals surface area contributed by atoms with Crippen LogP contribution in [-0.4, -0.2) is 32.0 Å². The first-order valence-electron chi connectivity index (χ1n) is 38.1. The molecule has 0 atom stereocenters. The molecule has 2 aliphatic rings. The summed E-state index contributed by atoms with van der Waals surface area (Å²) in [7, 11) is 0. The number of rotatable bonds is 6. The van der Waals surface area contributed by atoms with Gasteiger partial charge in [-0.25, -0.2) is 0 Å². The number of nitrogens with zero attached hydrogens (tertiary/aromatic N) is 7. The van der Waals surface area contributed by atoms with Gasteiger partial charge in [-0.15, -0.1) is 0 Å². The van der Waals surface area contributed by atoms with Gasteiger partial charge in [0.2, 0.25) is 0 Å². The van der Waals surface area contributed by atoms with E-state index in [0.29, 0.717) is 0 Å². The van der Waals surface area contributed by atoms with Crippen molar-refractivity contribution in [1.29, 1.82) is 0 Å². The van der Waals surface area contributed by atoms with Gasteiger partial charge in [-0.2, -0.15) is 0 Å². The van der Waals surface area contributed by atoms with E-state index in [1.54, 1.807) is 0 Å². The molecule has 26 rings (SSSR count). The Bertz CT molecular complexity index is 7300. The first-order chi connectivity index (χ1) is 54.6. The van der Waals surface area contributed by atoms with Crippen molar-refractivity contribution in [2.24, 2.45) is 0 Å². The van der Waals surface area contributed by atoms with Crippen molar-refractivity contribution in [3.05, 3.63) is 392 Å². The van der Waals surface area contributed by atoms with Crippen LogP contribution in [0.2, 0.25) is 0 Å². The molecule has 0 unspecified atom stereocenters. The zero-order valence-corrected chi connectivity index (χ0v) is 59.3. The van der Waals surface area contributed by atoms with Crippen molar-refractivity contribution in [3.63, 3.8) is 0 Å². The molecule has 1 aliphatic heterocycles. The van der Waals surface area contributed by atoms with Crippen molar-refractivity contribution < 1.29 is 0 Å². The standard InChI is InChI=1S/C103H61N7/c1-11-34-88-70(22-1)71-23-2-12-35-89(71)104(88)62-46-52-97-80(56-62)81-57-63(105-90-36-13-3-24-72(90)73-25-4-14-37-91(73)105)47-53-98(81)108(97)66-44-50-68-69-51-45-67(61-87(69)103(86(68)60-66)84-32-10-20-43-101(84)110-96-42-19-9-30-78(96)79-31-21-33-85(103)102(79)110)109-99-54-48-64(106-92-38-15-5-26-74(92)75-27-6-16-39-93(75)106)58-82(99)83-59-65(49-55-100(83)109)107-94-40-17-7-28-76(94)77-29-8-18-41-95(77)107/h1-61H. The molecule has 0 fully saturated rings. The summed E-state index contributed by atoms with van der Waals surface area (Å²) in [5.41, 5.74) is 31.0. The highest BCUT2D eigenvalue weighted by Crippen LogP contribution is 2.62. The second-order valence-corrected chi connectivity index (χ2v) is 30.2. The lowest BCUT2D eigenvalue weighted by atomic mass is 9.65. The molecule has 0 amide bonds. The fraction of sp³-hybridized carbons (Fsp3) is 0.00971. The van der Waals surface area contributed by atoms with Gasteiger partial charge in [0.15, 0.2) is 0 Å². The van der Waals surface area contributed by atoms with Gasteiger partial charge in [-0.1, -0.05) is 212 Å². The zero-order chi connectivity index (χ0) is 71.3. The Morgan fingerprint density at radius 1 is 0.145 bits per heavy atom. The normalized spacial score (nSPS) is 13.2. The van der Waals surface area contributed by atoms with E-state index in [4.69, 9.17) is 0 Å². The molecule has 7 nitrogen and oxygen atoms in total. The van der Waals surface area contributed by atoms with Gasteiger partial charge >= 0.3 is 0 Å². The smallest absolute Gasteiger partial charge is 0.0756 e. The van der Waals surface area contributed by atoms with E-state index in [1.807, 2.05) is 0 Å². The minimum Gasteiger partial charge on any atom is -0.309 e. The maximum atomic E-state index is 2.58. The first-order valence-corrected chi connectivity index (χ1v) is 38.1. The third-order valence-corrected chi connectivity index (χ3v) is 25.1. The number of fused-ring (bicyclic) bond motifs is 30. The summed E-state index contributed by atoms with van der Waals surface area (Å²) in [6.45, 7) is 0. The summed E-state index contributed by atoms with van der Waals surface area (Å²) < 4.78 is 17.5. The molecule has 110 heavy (non-hydrogen) atoms. The number of hydrogen-bond acceptors (Lipinski definition) is 0. The van der Waals surface area contributed by atoms with Crippen LogP contribution in [0.5, 0.6) is 0 Å². The molecule has 8 heterocycles. The molecular formula is C103H61N7. The maximum absolute atomic E-state index is 2.58. The molecule has 0 N–H and O–H groups in total. The predicted molar refractivity (Wildman–Crippen MR) is 458 cm³/mol. The molecule has 7 heteroatoms. The van der Waals surface area contributed by atoms with Crippen LogP contribution >= 0.6 is 0 Å². The van der Waals surface area contributed by atoms with Crippen LogP contribution in [0.1, 0.15) is 22.3 Å². The highest BCUT2D eigenvalue weighted by molar-refractivity contribution is 6.18. The van der Waals surface area contributed by atoms with E-state index in [-0.39, 0.29) is 0 Å². The van der Waals surface area contributed by atoms with E-state index < -0.39 is 5.41 Å². The molecule has 0 saturated heterocycles. The molecule has 0 saturated carbocycles. The van der Waals surface area contributed by atoms with Gasteiger partial charge in [-0.3, -0.25) is 0 Å².